The zero-order valence-corrected chi connectivity index (χ0v) is 12.5. The van der Waals surface area contributed by atoms with Crippen LogP contribution in [0.25, 0.3) is 0 Å². The number of halogens is 3. The lowest BCUT2D eigenvalue weighted by Gasteiger charge is -2.08. The van der Waals surface area contributed by atoms with Crippen molar-refractivity contribution in [2.75, 3.05) is 5.32 Å². The van der Waals surface area contributed by atoms with Gasteiger partial charge in [-0.3, -0.25) is 14.9 Å². The predicted octanol–water partition coefficient (Wildman–Crippen LogP) is 4.81. The fraction of sp³-hybridized carbons (Fsp3) is 0. The van der Waals surface area contributed by atoms with Crippen molar-refractivity contribution in [3.8, 4) is 0 Å². The molecule has 0 aliphatic rings. The molecule has 0 atom stereocenters. The minimum absolute atomic E-state index is 0.0197. The summed E-state index contributed by atoms with van der Waals surface area (Å²) in [5.41, 5.74) is 0.00486. The molecule has 0 bridgehead atoms. The molecule has 1 amide bonds. The van der Waals surface area contributed by atoms with Crippen LogP contribution in [0.1, 0.15) is 10.4 Å². The molecule has 8 heteroatoms. The van der Waals surface area contributed by atoms with Gasteiger partial charge in [-0.05, 0) is 24.3 Å². The number of carbonyl (C=O) groups is 1. The van der Waals surface area contributed by atoms with E-state index < -0.39 is 10.8 Å². The number of nitrogens with one attached hydrogen (secondary N) is 1. The van der Waals surface area contributed by atoms with Gasteiger partial charge in [-0.2, -0.15) is 0 Å². The Balaban J connectivity index is 2.32. The van der Waals surface area contributed by atoms with E-state index in [9.17, 15) is 14.9 Å². The lowest BCUT2D eigenvalue weighted by molar-refractivity contribution is -0.384. The largest absolute Gasteiger partial charge is 0.322 e. The molecule has 2 aromatic rings. The van der Waals surface area contributed by atoms with Gasteiger partial charge in [0.1, 0.15) is 5.02 Å². The molecule has 5 nitrogen and oxygen atoms in total. The fourth-order valence-electron chi connectivity index (χ4n) is 1.64. The highest BCUT2D eigenvalue weighted by atomic mass is 35.5. The summed E-state index contributed by atoms with van der Waals surface area (Å²) < 4.78 is 0. The van der Waals surface area contributed by atoms with E-state index in [0.29, 0.717) is 0 Å². The van der Waals surface area contributed by atoms with E-state index >= 15 is 0 Å². The van der Waals surface area contributed by atoms with Crippen LogP contribution < -0.4 is 5.32 Å². The van der Waals surface area contributed by atoms with Crippen LogP contribution in [0.15, 0.2) is 36.4 Å². The fourth-order valence-corrected chi connectivity index (χ4v) is 2.39. The molecule has 2 rings (SSSR count). The Bertz CT molecular complexity index is 714. The molecule has 0 fully saturated rings. The van der Waals surface area contributed by atoms with Gasteiger partial charge in [0.15, 0.2) is 0 Å². The van der Waals surface area contributed by atoms with Gasteiger partial charge in [-0.15, -0.1) is 0 Å². The van der Waals surface area contributed by atoms with Crippen molar-refractivity contribution in [3.63, 3.8) is 0 Å². The van der Waals surface area contributed by atoms with E-state index in [0.717, 1.165) is 6.07 Å². The zero-order chi connectivity index (χ0) is 15.6. The molecular weight excluding hydrogens is 339 g/mol. The van der Waals surface area contributed by atoms with Gasteiger partial charge in [0.25, 0.3) is 11.6 Å². The molecule has 0 unspecified atom stereocenters. The van der Waals surface area contributed by atoms with Crippen LogP contribution in [0.5, 0.6) is 0 Å². The summed E-state index contributed by atoms with van der Waals surface area (Å²) in [5, 5.41) is 13.6. The quantitative estimate of drug-likeness (QED) is 0.641. The minimum Gasteiger partial charge on any atom is -0.322 e. The smallest absolute Gasteiger partial charge is 0.289 e. The van der Waals surface area contributed by atoms with Crippen molar-refractivity contribution in [1.29, 1.82) is 0 Å². The first-order valence-corrected chi connectivity index (χ1v) is 6.73. The maximum atomic E-state index is 12.1. The van der Waals surface area contributed by atoms with E-state index in [1.54, 1.807) is 6.07 Å². The molecule has 0 aliphatic heterocycles. The van der Waals surface area contributed by atoms with E-state index in [1.165, 1.54) is 24.3 Å². The Hall–Kier alpha value is -1.82. The average molecular weight is 346 g/mol. The van der Waals surface area contributed by atoms with Gasteiger partial charge in [0.05, 0.1) is 20.5 Å². The average Bonchev–Trinajstić information content (AvgIpc) is 2.40. The monoisotopic (exact) mass is 344 g/mol. The highest BCUT2D eigenvalue weighted by molar-refractivity contribution is 6.40. The molecule has 0 saturated carbocycles. The Labute approximate surface area is 134 Å². The molecule has 0 spiro atoms. The third-order valence-corrected chi connectivity index (χ3v) is 3.54. The Kier molecular flexibility index (Phi) is 4.67. The van der Waals surface area contributed by atoms with Gasteiger partial charge >= 0.3 is 0 Å². The number of nitro benzene ring substituents is 1. The second-order valence-corrected chi connectivity index (χ2v) is 5.20. The number of hydrogen-bond donors (Lipinski definition) is 1. The lowest BCUT2D eigenvalue weighted by atomic mass is 10.2. The maximum Gasteiger partial charge on any atom is 0.289 e. The normalized spacial score (nSPS) is 10.2. The van der Waals surface area contributed by atoms with Crippen molar-refractivity contribution in [2.24, 2.45) is 0 Å². The number of amides is 1. The van der Waals surface area contributed by atoms with Gasteiger partial charge < -0.3 is 5.32 Å². The Morgan fingerprint density at radius 2 is 1.67 bits per heavy atom. The van der Waals surface area contributed by atoms with Crippen molar-refractivity contribution >= 4 is 52.1 Å². The standard InChI is InChI=1S/C13H7Cl3N2O3/c14-8-5-4-7(6-11(8)18(20)21)17-13(19)12-9(15)2-1-3-10(12)16/h1-6H,(H,17,19). The summed E-state index contributed by atoms with van der Waals surface area (Å²) >= 11 is 17.5. The van der Waals surface area contributed by atoms with Gasteiger partial charge in [-0.1, -0.05) is 40.9 Å². The summed E-state index contributed by atoms with van der Waals surface area (Å²) in [5.74, 6) is -0.567. The van der Waals surface area contributed by atoms with Gasteiger partial charge in [-0.25, -0.2) is 0 Å². The summed E-state index contributed by atoms with van der Waals surface area (Å²) in [6, 6.07) is 8.57. The van der Waals surface area contributed by atoms with Crippen molar-refractivity contribution in [1.82, 2.24) is 0 Å². The number of nitrogens with zero attached hydrogens (tertiary/aromatic N) is 1. The summed E-state index contributed by atoms with van der Waals surface area (Å²) in [6.07, 6.45) is 0. The second kappa shape index (κ2) is 6.30. The van der Waals surface area contributed by atoms with Crippen LogP contribution in [0.4, 0.5) is 11.4 Å². The molecule has 2 aromatic carbocycles. The Morgan fingerprint density at radius 3 is 2.24 bits per heavy atom. The van der Waals surface area contributed by atoms with Crippen LogP contribution in [0.3, 0.4) is 0 Å². The molecule has 21 heavy (non-hydrogen) atoms. The van der Waals surface area contributed by atoms with E-state index in [4.69, 9.17) is 34.8 Å². The highest BCUT2D eigenvalue weighted by Gasteiger charge is 2.17. The van der Waals surface area contributed by atoms with Gasteiger partial charge in [0.2, 0.25) is 0 Å². The van der Waals surface area contributed by atoms with Gasteiger partial charge in [0, 0.05) is 11.8 Å². The highest BCUT2D eigenvalue weighted by Crippen LogP contribution is 2.29. The third kappa shape index (κ3) is 3.44. The molecule has 0 aromatic heterocycles. The molecule has 0 radical (unpaired) electrons. The first-order valence-electron chi connectivity index (χ1n) is 5.59. The minimum atomic E-state index is -0.638. The summed E-state index contributed by atoms with van der Waals surface area (Å²) in [7, 11) is 0. The van der Waals surface area contributed by atoms with Crippen LogP contribution in [-0.2, 0) is 0 Å². The summed E-state index contributed by atoms with van der Waals surface area (Å²) in [4.78, 5) is 22.3. The number of carbonyl (C=O) groups excluding carboxylic acids is 1. The number of nitro groups is 1. The second-order valence-electron chi connectivity index (χ2n) is 3.97. The summed E-state index contributed by atoms with van der Waals surface area (Å²) in [6.45, 7) is 0. The molecule has 0 heterocycles. The van der Waals surface area contributed by atoms with E-state index in [1.807, 2.05) is 0 Å². The van der Waals surface area contributed by atoms with Crippen LogP contribution in [-0.4, -0.2) is 10.8 Å². The zero-order valence-electron chi connectivity index (χ0n) is 10.3. The van der Waals surface area contributed by atoms with Crippen LogP contribution in [0.2, 0.25) is 15.1 Å². The number of hydrogen-bond acceptors (Lipinski definition) is 3. The molecule has 1 N–H and O–H groups in total. The van der Waals surface area contributed by atoms with E-state index in [-0.39, 0.29) is 32.0 Å². The predicted molar refractivity (Wildman–Crippen MR) is 82.5 cm³/mol. The van der Waals surface area contributed by atoms with Crippen molar-refractivity contribution < 1.29 is 9.72 Å². The number of benzene rings is 2. The van der Waals surface area contributed by atoms with Crippen LogP contribution >= 0.6 is 34.8 Å². The van der Waals surface area contributed by atoms with Crippen molar-refractivity contribution in [2.45, 2.75) is 0 Å². The molecular formula is C13H7Cl3N2O3. The molecule has 0 saturated heterocycles. The van der Waals surface area contributed by atoms with E-state index in [2.05, 4.69) is 5.32 Å². The topological polar surface area (TPSA) is 72.2 Å². The number of anilines is 1. The first kappa shape index (κ1) is 15.6. The first-order chi connectivity index (χ1) is 9.90. The molecule has 108 valence electrons. The Morgan fingerprint density at radius 1 is 1.05 bits per heavy atom. The maximum absolute atomic E-state index is 12.1. The van der Waals surface area contributed by atoms with Crippen LogP contribution in [0, 0.1) is 10.1 Å². The third-order valence-electron chi connectivity index (χ3n) is 2.59. The SMILES string of the molecule is O=C(Nc1ccc(Cl)c([N+](=O)[O-])c1)c1c(Cl)cccc1Cl. The number of rotatable bonds is 3. The lowest BCUT2D eigenvalue weighted by Crippen LogP contribution is -2.13. The molecule has 0 aliphatic carbocycles. The van der Waals surface area contributed by atoms with Crippen molar-refractivity contribution in [3.05, 3.63) is 67.1 Å².